The number of nitrogens with one attached hydrogen (secondary N) is 2. The SMILES string of the molecule is CC1=C(C(=O)Nc2cccnc2)[C@H](c2ccc(C(C)C)cc2)n2ncnc2N1. The van der Waals surface area contributed by atoms with E-state index in [-0.39, 0.29) is 11.9 Å². The van der Waals surface area contributed by atoms with Gasteiger partial charge in [0.2, 0.25) is 5.95 Å². The number of aromatic nitrogens is 4. The standard InChI is InChI=1S/C21H22N6O/c1-13(2)15-6-8-16(9-7-15)19-18(14(3)25-21-23-12-24-27(19)21)20(28)26-17-5-4-10-22-11-17/h4-13,19H,1-3H3,(H,26,28)(H,23,24,25)/t19-/m0/s1. The van der Waals surface area contributed by atoms with Crippen molar-refractivity contribution in [1.82, 2.24) is 19.7 Å². The fraction of sp³-hybridized carbons (Fsp3) is 0.238. The number of carbonyl (C=O) groups is 1. The number of benzene rings is 1. The highest BCUT2D eigenvalue weighted by Gasteiger charge is 2.33. The number of amides is 1. The number of hydrogen-bond donors (Lipinski definition) is 2. The minimum Gasteiger partial charge on any atom is -0.328 e. The van der Waals surface area contributed by atoms with Crippen LogP contribution < -0.4 is 10.6 Å². The van der Waals surface area contributed by atoms with Crippen molar-refractivity contribution >= 4 is 17.5 Å². The molecule has 2 aromatic heterocycles. The van der Waals surface area contributed by atoms with Crippen molar-refractivity contribution in [3.8, 4) is 0 Å². The van der Waals surface area contributed by atoms with Gasteiger partial charge in [-0.25, -0.2) is 4.68 Å². The van der Waals surface area contributed by atoms with Crippen LogP contribution >= 0.6 is 0 Å². The zero-order valence-corrected chi connectivity index (χ0v) is 16.0. The normalized spacial score (nSPS) is 15.9. The van der Waals surface area contributed by atoms with Gasteiger partial charge < -0.3 is 10.6 Å². The van der Waals surface area contributed by atoms with Crippen LogP contribution in [0.15, 0.2) is 66.4 Å². The minimum atomic E-state index is -0.364. The molecule has 1 aliphatic rings. The Hall–Kier alpha value is -3.48. The average molecular weight is 374 g/mol. The summed E-state index contributed by atoms with van der Waals surface area (Å²) in [4.78, 5) is 21.5. The predicted molar refractivity (Wildman–Crippen MR) is 108 cm³/mol. The monoisotopic (exact) mass is 374 g/mol. The van der Waals surface area contributed by atoms with Gasteiger partial charge in [-0.2, -0.15) is 10.1 Å². The molecule has 7 nitrogen and oxygen atoms in total. The maximum absolute atomic E-state index is 13.2. The van der Waals surface area contributed by atoms with E-state index in [4.69, 9.17) is 0 Å². The molecule has 2 N–H and O–H groups in total. The molecule has 3 heterocycles. The van der Waals surface area contributed by atoms with Gasteiger partial charge in [0.15, 0.2) is 0 Å². The van der Waals surface area contributed by atoms with E-state index in [0.717, 1.165) is 11.3 Å². The van der Waals surface area contributed by atoms with E-state index in [1.54, 1.807) is 23.1 Å². The van der Waals surface area contributed by atoms with Crippen molar-refractivity contribution in [1.29, 1.82) is 0 Å². The van der Waals surface area contributed by atoms with E-state index in [1.165, 1.54) is 11.9 Å². The number of anilines is 2. The molecule has 0 saturated carbocycles. The van der Waals surface area contributed by atoms with E-state index < -0.39 is 0 Å². The van der Waals surface area contributed by atoms with Crippen molar-refractivity contribution in [2.24, 2.45) is 0 Å². The van der Waals surface area contributed by atoms with Crippen molar-refractivity contribution in [3.63, 3.8) is 0 Å². The Morgan fingerprint density at radius 3 is 2.68 bits per heavy atom. The predicted octanol–water partition coefficient (Wildman–Crippen LogP) is 3.72. The van der Waals surface area contributed by atoms with E-state index in [9.17, 15) is 4.79 Å². The van der Waals surface area contributed by atoms with Gasteiger partial charge in [-0.05, 0) is 36.1 Å². The lowest BCUT2D eigenvalue weighted by Gasteiger charge is -2.29. The highest BCUT2D eigenvalue weighted by molar-refractivity contribution is 6.05. The topological polar surface area (TPSA) is 84.7 Å². The molecule has 0 bridgehead atoms. The van der Waals surface area contributed by atoms with Crippen LogP contribution in [0.5, 0.6) is 0 Å². The van der Waals surface area contributed by atoms with Crippen LogP contribution in [0.25, 0.3) is 0 Å². The molecule has 1 aromatic carbocycles. The number of hydrogen-bond acceptors (Lipinski definition) is 5. The van der Waals surface area contributed by atoms with Gasteiger partial charge in [0, 0.05) is 11.9 Å². The second kappa shape index (κ2) is 7.26. The molecule has 0 fully saturated rings. The van der Waals surface area contributed by atoms with E-state index >= 15 is 0 Å². The number of nitrogens with zero attached hydrogens (tertiary/aromatic N) is 4. The average Bonchev–Trinajstić information content (AvgIpc) is 3.15. The summed E-state index contributed by atoms with van der Waals surface area (Å²) in [6.45, 7) is 6.20. The molecule has 0 spiro atoms. The summed E-state index contributed by atoms with van der Waals surface area (Å²) in [6, 6.07) is 11.5. The van der Waals surface area contributed by atoms with Gasteiger partial charge in [0.1, 0.15) is 12.4 Å². The van der Waals surface area contributed by atoms with Crippen molar-refractivity contribution < 1.29 is 4.79 Å². The summed E-state index contributed by atoms with van der Waals surface area (Å²) < 4.78 is 1.75. The Morgan fingerprint density at radius 2 is 2.00 bits per heavy atom. The third kappa shape index (κ3) is 3.26. The molecular weight excluding hydrogens is 352 g/mol. The van der Waals surface area contributed by atoms with Gasteiger partial charge in [-0.3, -0.25) is 9.78 Å². The van der Waals surface area contributed by atoms with Gasteiger partial charge in [-0.15, -0.1) is 0 Å². The lowest BCUT2D eigenvalue weighted by molar-refractivity contribution is -0.113. The van der Waals surface area contributed by atoms with Gasteiger partial charge in [-0.1, -0.05) is 38.1 Å². The van der Waals surface area contributed by atoms with Gasteiger partial charge in [0.05, 0.1) is 17.5 Å². The van der Waals surface area contributed by atoms with Crippen molar-refractivity contribution in [2.45, 2.75) is 32.7 Å². The first kappa shape index (κ1) is 17.9. The first-order valence-electron chi connectivity index (χ1n) is 9.23. The van der Waals surface area contributed by atoms with Crippen LogP contribution in [0.4, 0.5) is 11.6 Å². The van der Waals surface area contributed by atoms with Crippen LogP contribution in [0.2, 0.25) is 0 Å². The van der Waals surface area contributed by atoms with Crippen LogP contribution in [0, 0.1) is 0 Å². The number of carbonyl (C=O) groups excluding carboxylic acids is 1. The van der Waals surface area contributed by atoms with E-state index in [1.807, 2.05) is 13.0 Å². The van der Waals surface area contributed by atoms with Crippen molar-refractivity contribution in [2.75, 3.05) is 10.6 Å². The van der Waals surface area contributed by atoms with Crippen LogP contribution in [0.3, 0.4) is 0 Å². The molecule has 3 aromatic rings. The third-order valence-corrected chi connectivity index (χ3v) is 4.88. The van der Waals surface area contributed by atoms with E-state index in [0.29, 0.717) is 23.1 Å². The van der Waals surface area contributed by atoms with Gasteiger partial charge >= 0.3 is 0 Å². The molecule has 28 heavy (non-hydrogen) atoms. The Kier molecular flexibility index (Phi) is 4.65. The lowest BCUT2D eigenvalue weighted by Crippen LogP contribution is -2.31. The Balaban J connectivity index is 1.75. The Bertz CT molecular complexity index is 1020. The number of rotatable bonds is 4. The maximum atomic E-state index is 13.2. The molecule has 0 aliphatic carbocycles. The maximum Gasteiger partial charge on any atom is 0.255 e. The first-order chi connectivity index (χ1) is 13.5. The van der Waals surface area contributed by atoms with E-state index in [2.05, 4.69) is 63.8 Å². The minimum absolute atomic E-state index is 0.197. The lowest BCUT2D eigenvalue weighted by atomic mass is 9.93. The molecule has 1 amide bonds. The smallest absolute Gasteiger partial charge is 0.255 e. The fourth-order valence-corrected chi connectivity index (χ4v) is 3.39. The molecule has 0 radical (unpaired) electrons. The molecule has 142 valence electrons. The summed E-state index contributed by atoms with van der Waals surface area (Å²) in [7, 11) is 0. The summed E-state index contributed by atoms with van der Waals surface area (Å²) in [5, 5.41) is 10.5. The van der Waals surface area contributed by atoms with Crippen molar-refractivity contribution in [3.05, 3.63) is 77.5 Å². The zero-order chi connectivity index (χ0) is 19.7. The molecular formula is C21H22N6O. The molecule has 1 atom stereocenters. The van der Waals surface area contributed by atoms with Crippen LogP contribution in [-0.4, -0.2) is 25.7 Å². The number of pyridine rings is 1. The Morgan fingerprint density at radius 1 is 1.21 bits per heavy atom. The largest absolute Gasteiger partial charge is 0.328 e. The van der Waals surface area contributed by atoms with Crippen LogP contribution in [-0.2, 0) is 4.79 Å². The summed E-state index contributed by atoms with van der Waals surface area (Å²) in [5.74, 6) is 0.861. The van der Waals surface area contributed by atoms with Gasteiger partial charge in [0.25, 0.3) is 5.91 Å². The molecule has 7 heteroatoms. The highest BCUT2D eigenvalue weighted by Crippen LogP contribution is 2.35. The summed E-state index contributed by atoms with van der Waals surface area (Å²) >= 11 is 0. The molecule has 1 aliphatic heterocycles. The quantitative estimate of drug-likeness (QED) is 0.727. The molecule has 4 rings (SSSR count). The summed E-state index contributed by atoms with van der Waals surface area (Å²) in [6.07, 6.45) is 4.79. The third-order valence-electron chi connectivity index (χ3n) is 4.88. The highest BCUT2D eigenvalue weighted by atomic mass is 16.1. The number of allylic oxidation sites excluding steroid dienone is 1. The summed E-state index contributed by atoms with van der Waals surface area (Å²) in [5.41, 5.74) is 4.22. The fourth-order valence-electron chi connectivity index (χ4n) is 3.39. The van der Waals surface area contributed by atoms with Crippen LogP contribution in [0.1, 0.15) is 43.9 Å². The zero-order valence-electron chi connectivity index (χ0n) is 16.0. The second-order valence-corrected chi connectivity index (χ2v) is 7.11. The number of fused-ring (bicyclic) bond motifs is 1. The first-order valence-corrected chi connectivity index (χ1v) is 9.23. The Labute approximate surface area is 163 Å². The second-order valence-electron chi connectivity index (χ2n) is 7.11. The molecule has 0 saturated heterocycles. The molecule has 0 unspecified atom stereocenters.